The highest BCUT2D eigenvalue weighted by Crippen LogP contribution is 2.22. The summed E-state index contributed by atoms with van der Waals surface area (Å²) in [5.74, 6) is 0.666. The van der Waals surface area contributed by atoms with Gasteiger partial charge in [0.15, 0.2) is 0 Å². The van der Waals surface area contributed by atoms with Gasteiger partial charge in [-0.2, -0.15) is 0 Å². The minimum Gasteiger partial charge on any atom is -0.495 e. The minimum absolute atomic E-state index is 0.183. The maximum atomic E-state index is 12.0. The van der Waals surface area contributed by atoms with E-state index in [1.807, 2.05) is 24.3 Å². The van der Waals surface area contributed by atoms with Gasteiger partial charge in [0.2, 0.25) is 0 Å². The average Bonchev–Trinajstić information content (AvgIpc) is 2.54. The highest BCUT2D eigenvalue weighted by atomic mass is 16.5. The van der Waals surface area contributed by atoms with Crippen molar-refractivity contribution < 1.29 is 9.53 Å². The van der Waals surface area contributed by atoms with Crippen molar-refractivity contribution in [1.82, 2.24) is 15.1 Å². The first-order valence-electron chi connectivity index (χ1n) is 7.40. The number of hydrogen-bond donors (Lipinski definition) is 2. The van der Waals surface area contributed by atoms with Crippen molar-refractivity contribution in [2.45, 2.75) is 6.04 Å². The number of amides is 2. The largest absolute Gasteiger partial charge is 0.495 e. The van der Waals surface area contributed by atoms with Crippen molar-refractivity contribution in [3.05, 3.63) is 24.3 Å². The van der Waals surface area contributed by atoms with Crippen molar-refractivity contribution in [1.29, 1.82) is 0 Å². The molecule has 2 N–H and O–H groups in total. The second-order valence-electron chi connectivity index (χ2n) is 5.53. The Bertz CT molecular complexity index is 500. The number of carbonyl (C=O) groups excluding carboxylic acids is 1. The van der Waals surface area contributed by atoms with Crippen molar-refractivity contribution in [3.8, 4) is 5.75 Å². The first-order valence-corrected chi connectivity index (χ1v) is 7.40. The van der Waals surface area contributed by atoms with Crippen molar-refractivity contribution in [2.75, 3.05) is 51.7 Å². The molecule has 6 nitrogen and oxygen atoms in total. The molecule has 3 heterocycles. The van der Waals surface area contributed by atoms with Gasteiger partial charge in [0, 0.05) is 45.3 Å². The number of nitrogens with zero attached hydrogens (tertiary/aromatic N) is 2. The predicted molar refractivity (Wildman–Crippen MR) is 81.8 cm³/mol. The van der Waals surface area contributed by atoms with Crippen LogP contribution in [0.5, 0.6) is 5.75 Å². The zero-order chi connectivity index (χ0) is 14.7. The number of nitrogens with one attached hydrogen (secondary N) is 2. The molecule has 0 aromatic heterocycles. The molecule has 1 aromatic carbocycles. The normalized spacial score (nSPS) is 27.2. The molecule has 21 heavy (non-hydrogen) atoms. The standard InChI is InChI=1S/C15H22N4O2/c1-21-14-5-3-2-4-13(14)17-15(20)16-10-12-11-18-6-8-19(12)9-7-18/h2-5,12H,6-11H2,1H3,(H2,16,17,20). The van der Waals surface area contributed by atoms with E-state index >= 15 is 0 Å². The summed E-state index contributed by atoms with van der Waals surface area (Å²) in [5.41, 5.74) is 0.687. The summed E-state index contributed by atoms with van der Waals surface area (Å²) in [6.07, 6.45) is 0. The number of ether oxygens (including phenoxy) is 1. The predicted octanol–water partition coefficient (Wildman–Crippen LogP) is 0.817. The number of para-hydroxylation sites is 2. The van der Waals surface area contributed by atoms with Gasteiger partial charge in [0.1, 0.15) is 5.75 Å². The van der Waals surface area contributed by atoms with E-state index in [0.717, 1.165) is 32.7 Å². The van der Waals surface area contributed by atoms with E-state index in [0.29, 0.717) is 24.0 Å². The fourth-order valence-electron chi connectivity index (χ4n) is 3.04. The molecule has 6 heteroatoms. The molecule has 3 fully saturated rings. The Hall–Kier alpha value is -1.79. The molecule has 0 aliphatic carbocycles. The zero-order valence-corrected chi connectivity index (χ0v) is 12.3. The molecular weight excluding hydrogens is 268 g/mol. The Balaban J connectivity index is 1.50. The second kappa shape index (κ2) is 6.32. The number of benzene rings is 1. The van der Waals surface area contributed by atoms with E-state index in [2.05, 4.69) is 20.4 Å². The number of urea groups is 1. The summed E-state index contributed by atoms with van der Waals surface area (Å²) in [6, 6.07) is 7.65. The topological polar surface area (TPSA) is 56.8 Å². The highest BCUT2D eigenvalue weighted by Gasteiger charge is 2.31. The molecule has 2 bridgehead atoms. The van der Waals surface area contributed by atoms with Crippen LogP contribution in [0.2, 0.25) is 0 Å². The summed E-state index contributed by atoms with van der Waals surface area (Å²) in [5, 5.41) is 5.80. The summed E-state index contributed by atoms with van der Waals surface area (Å²) in [6.45, 7) is 6.27. The SMILES string of the molecule is COc1ccccc1NC(=O)NCC1CN2CCN1CC2. The van der Waals surface area contributed by atoms with Crippen LogP contribution in [-0.4, -0.2) is 68.3 Å². The van der Waals surface area contributed by atoms with Crippen LogP contribution < -0.4 is 15.4 Å². The lowest BCUT2D eigenvalue weighted by Gasteiger charge is -2.47. The molecule has 3 aliphatic heterocycles. The van der Waals surface area contributed by atoms with E-state index in [-0.39, 0.29) is 6.03 Å². The Kier molecular flexibility index (Phi) is 4.26. The third-order valence-corrected chi connectivity index (χ3v) is 4.25. The number of anilines is 1. The first-order chi connectivity index (χ1) is 10.3. The molecular formula is C15H22N4O2. The van der Waals surface area contributed by atoms with E-state index in [9.17, 15) is 4.79 Å². The molecule has 1 atom stereocenters. The number of carbonyl (C=O) groups is 1. The van der Waals surface area contributed by atoms with E-state index in [1.165, 1.54) is 0 Å². The number of hydrogen-bond acceptors (Lipinski definition) is 4. The van der Waals surface area contributed by atoms with Gasteiger partial charge in [-0.3, -0.25) is 9.80 Å². The summed E-state index contributed by atoms with van der Waals surface area (Å²) in [4.78, 5) is 16.9. The van der Waals surface area contributed by atoms with Crippen LogP contribution >= 0.6 is 0 Å². The van der Waals surface area contributed by atoms with Gasteiger partial charge in [-0.1, -0.05) is 12.1 Å². The van der Waals surface area contributed by atoms with Gasteiger partial charge < -0.3 is 15.4 Å². The molecule has 0 spiro atoms. The van der Waals surface area contributed by atoms with Crippen LogP contribution in [0, 0.1) is 0 Å². The molecule has 114 valence electrons. The second-order valence-corrected chi connectivity index (χ2v) is 5.53. The number of piperazine rings is 3. The minimum atomic E-state index is -0.183. The van der Waals surface area contributed by atoms with E-state index in [1.54, 1.807) is 7.11 Å². The van der Waals surface area contributed by atoms with Crippen LogP contribution in [0.15, 0.2) is 24.3 Å². The maximum absolute atomic E-state index is 12.0. The molecule has 2 amide bonds. The van der Waals surface area contributed by atoms with Gasteiger partial charge in [-0.25, -0.2) is 4.79 Å². The Morgan fingerprint density at radius 2 is 2.05 bits per heavy atom. The molecule has 0 saturated carbocycles. The fraction of sp³-hybridized carbons (Fsp3) is 0.533. The monoisotopic (exact) mass is 290 g/mol. The molecule has 4 rings (SSSR count). The Morgan fingerprint density at radius 1 is 1.29 bits per heavy atom. The maximum Gasteiger partial charge on any atom is 0.319 e. The van der Waals surface area contributed by atoms with Crippen molar-refractivity contribution in [2.24, 2.45) is 0 Å². The van der Waals surface area contributed by atoms with Gasteiger partial charge in [-0.05, 0) is 12.1 Å². The lowest BCUT2D eigenvalue weighted by atomic mass is 10.1. The molecule has 3 aliphatic rings. The lowest BCUT2D eigenvalue weighted by molar-refractivity contribution is 0.0149. The summed E-state index contributed by atoms with van der Waals surface area (Å²) >= 11 is 0. The molecule has 1 aromatic rings. The third-order valence-electron chi connectivity index (χ3n) is 4.25. The first kappa shape index (κ1) is 14.2. The van der Waals surface area contributed by atoms with Gasteiger partial charge in [0.05, 0.1) is 12.8 Å². The van der Waals surface area contributed by atoms with Crippen LogP contribution in [0.25, 0.3) is 0 Å². The third kappa shape index (κ3) is 3.28. The smallest absolute Gasteiger partial charge is 0.319 e. The zero-order valence-electron chi connectivity index (χ0n) is 12.3. The van der Waals surface area contributed by atoms with Gasteiger partial charge >= 0.3 is 6.03 Å². The number of rotatable bonds is 4. The number of fused-ring (bicyclic) bond motifs is 3. The fourth-order valence-corrected chi connectivity index (χ4v) is 3.04. The number of methoxy groups -OCH3 is 1. The van der Waals surface area contributed by atoms with Crippen molar-refractivity contribution in [3.63, 3.8) is 0 Å². The molecule has 0 radical (unpaired) electrons. The van der Waals surface area contributed by atoms with Crippen LogP contribution in [-0.2, 0) is 0 Å². The summed E-state index contributed by atoms with van der Waals surface area (Å²) in [7, 11) is 1.60. The van der Waals surface area contributed by atoms with Crippen LogP contribution in [0.3, 0.4) is 0 Å². The molecule has 1 unspecified atom stereocenters. The van der Waals surface area contributed by atoms with Crippen LogP contribution in [0.4, 0.5) is 10.5 Å². The highest BCUT2D eigenvalue weighted by molar-refractivity contribution is 5.90. The summed E-state index contributed by atoms with van der Waals surface area (Å²) < 4.78 is 5.22. The van der Waals surface area contributed by atoms with Gasteiger partial charge in [0.25, 0.3) is 0 Å². The lowest BCUT2D eigenvalue weighted by Crippen LogP contribution is -2.63. The van der Waals surface area contributed by atoms with Crippen molar-refractivity contribution >= 4 is 11.7 Å². The molecule has 3 saturated heterocycles. The van der Waals surface area contributed by atoms with Gasteiger partial charge in [-0.15, -0.1) is 0 Å². The van der Waals surface area contributed by atoms with E-state index < -0.39 is 0 Å². The van der Waals surface area contributed by atoms with Crippen LogP contribution in [0.1, 0.15) is 0 Å². The quantitative estimate of drug-likeness (QED) is 0.862. The van der Waals surface area contributed by atoms with E-state index in [4.69, 9.17) is 4.74 Å². The average molecular weight is 290 g/mol. The Morgan fingerprint density at radius 3 is 2.71 bits per heavy atom. The Labute approximate surface area is 125 Å².